The van der Waals surface area contributed by atoms with Crippen molar-refractivity contribution in [1.29, 1.82) is 0 Å². The van der Waals surface area contributed by atoms with E-state index < -0.39 is 6.10 Å². The third kappa shape index (κ3) is 5.81. The van der Waals surface area contributed by atoms with Gasteiger partial charge in [-0.15, -0.1) is 11.3 Å². The second-order valence-corrected chi connectivity index (χ2v) is 8.17. The van der Waals surface area contributed by atoms with Gasteiger partial charge in [-0.1, -0.05) is 31.2 Å². The summed E-state index contributed by atoms with van der Waals surface area (Å²) in [4.78, 5) is 3.99. The molecule has 0 aliphatic carbocycles. The van der Waals surface area contributed by atoms with Crippen molar-refractivity contribution in [3.8, 4) is 5.75 Å². The van der Waals surface area contributed by atoms with E-state index in [1.807, 2.05) is 41.7 Å². The molecule has 26 heavy (non-hydrogen) atoms. The number of benzene rings is 1. The Bertz CT molecular complexity index is 612. The second-order valence-electron chi connectivity index (χ2n) is 7.19. The number of hydrogen-bond acceptors (Lipinski definition) is 5. The SMILES string of the molecule is CC1CCN([C@H](CNC[C@H](O)COc2ccccc2)c2cccs2)CC1. The Morgan fingerprint density at radius 2 is 1.92 bits per heavy atom. The number of rotatable bonds is 9. The van der Waals surface area contributed by atoms with E-state index in [0.717, 1.165) is 31.3 Å². The number of hydrogen-bond donors (Lipinski definition) is 2. The maximum absolute atomic E-state index is 10.2. The minimum absolute atomic E-state index is 0.307. The van der Waals surface area contributed by atoms with E-state index in [2.05, 4.69) is 34.7 Å². The summed E-state index contributed by atoms with van der Waals surface area (Å²) in [5, 5.41) is 15.8. The largest absolute Gasteiger partial charge is 0.491 e. The standard InChI is InChI=1S/C21H30N2O2S/c1-17-9-11-23(12-10-17)20(21-8-5-13-26-21)15-22-14-18(24)16-25-19-6-3-2-4-7-19/h2-8,13,17-18,20,22,24H,9-12,14-16H2,1H3/t18-,20+/m0/s1. The van der Waals surface area contributed by atoms with E-state index in [-0.39, 0.29) is 0 Å². The quantitative estimate of drug-likeness (QED) is 0.705. The Labute approximate surface area is 160 Å². The molecule has 0 amide bonds. The number of aliphatic hydroxyl groups excluding tert-OH is 1. The molecule has 0 bridgehead atoms. The summed E-state index contributed by atoms with van der Waals surface area (Å²) in [6.07, 6.45) is 2.03. The van der Waals surface area contributed by atoms with Crippen LogP contribution in [0.1, 0.15) is 30.7 Å². The lowest BCUT2D eigenvalue weighted by atomic mass is 9.97. The van der Waals surface area contributed by atoms with Gasteiger partial charge in [-0.05, 0) is 55.4 Å². The zero-order chi connectivity index (χ0) is 18.2. The molecular formula is C21H30N2O2S. The highest BCUT2D eigenvalue weighted by Gasteiger charge is 2.25. The fourth-order valence-corrected chi connectivity index (χ4v) is 4.25. The maximum Gasteiger partial charge on any atom is 0.119 e. The number of nitrogens with zero attached hydrogens (tertiary/aromatic N) is 1. The number of aliphatic hydroxyl groups is 1. The molecule has 2 aromatic rings. The number of likely N-dealkylation sites (tertiary alicyclic amines) is 1. The number of ether oxygens (including phenoxy) is 1. The molecule has 2 N–H and O–H groups in total. The summed E-state index contributed by atoms with van der Waals surface area (Å²) in [7, 11) is 0. The van der Waals surface area contributed by atoms with Crippen LogP contribution in [0.3, 0.4) is 0 Å². The van der Waals surface area contributed by atoms with Crippen LogP contribution in [0.2, 0.25) is 0 Å². The fraction of sp³-hybridized carbons (Fsp3) is 0.524. The van der Waals surface area contributed by atoms with Gasteiger partial charge < -0.3 is 15.2 Å². The topological polar surface area (TPSA) is 44.7 Å². The van der Waals surface area contributed by atoms with Crippen molar-refractivity contribution in [2.24, 2.45) is 5.92 Å². The van der Waals surface area contributed by atoms with Crippen molar-refractivity contribution >= 4 is 11.3 Å². The summed E-state index contributed by atoms with van der Waals surface area (Å²) in [6, 6.07) is 14.4. The third-order valence-electron chi connectivity index (χ3n) is 5.03. The van der Waals surface area contributed by atoms with Crippen LogP contribution in [0, 0.1) is 5.92 Å². The number of para-hydroxylation sites is 1. The molecule has 0 unspecified atom stereocenters. The summed E-state index contributed by atoms with van der Waals surface area (Å²) in [5.74, 6) is 1.63. The Hall–Kier alpha value is -1.40. The minimum Gasteiger partial charge on any atom is -0.491 e. The maximum atomic E-state index is 10.2. The highest BCUT2D eigenvalue weighted by molar-refractivity contribution is 7.10. The average Bonchev–Trinajstić information content (AvgIpc) is 3.20. The molecular weight excluding hydrogens is 344 g/mol. The molecule has 1 fully saturated rings. The zero-order valence-electron chi connectivity index (χ0n) is 15.5. The van der Waals surface area contributed by atoms with Crippen LogP contribution in [0.4, 0.5) is 0 Å². The predicted octanol–water partition coefficient (Wildman–Crippen LogP) is 3.55. The van der Waals surface area contributed by atoms with Gasteiger partial charge in [-0.25, -0.2) is 0 Å². The van der Waals surface area contributed by atoms with Gasteiger partial charge in [0.05, 0.1) is 6.04 Å². The van der Waals surface area contributed by atoms with Crippen molar-refractivity contribution < 1.29 is 9.84 Å². The van der Waals surface area contributed by atoms with E-state index in [9.17, 15) is 5.11 Å². The van der Waals surface area contributed by atoms with Crippen LogP contribution in [0.25, 0.3) is 0 Å². The Morgan fingerprint density at radius 1 is 1.15 bits per heavy atom. The molecule has 0 spiro atoms. The number of piperidine rings is 1. The molecule has 0 radical (unpaired) electrons. The third-order valence-corrected chi connectivity index (χ3v) is 6.01. The van der Waals surface area contributed by atoms with Gasteiger partial charge in [0.2, 0.25) is 0 Å². The lowest BCUT2D eigenvalue weighted by Gasteiger charge is -2.36. The first-order valence-corrected chi connectivity index (χ1v) is 10.4. The fourth-order valence-electron chi connectivity index (χ4n) is 3.39. The lowest BCUT2D eigenvalue weighted by Crippen LogP contribution is -2.42. The monoisotopic (exact) mass is 374 g/mol. The molecule has 3 rings (SSSR count). The number of thiophene rings is 1. The molecule has 1 aromatic carbocycles. The van der Waals surface area contributed by atoms with Crippen molar-refractivity contribution in [2.45, 2.75) is 31.9 Å². The Balaban J connectivity index is 1.45. The first kappa shape index (κ1) is 19.4. The summed E-state index contributed by atoms with van der Waals surface area (Å²) < 4.78 is 5.63. The molecule has 1 aromatic heterocycles. The van der Waals surface area contributed by atoms with Gasteiger partial charge in [0.25, 0.3) is 0 Å². The smallest absolute Gasteiger partial charge is 0.119 e. The highest BCUT2D eigenvalue weighted by atomic mass is 32.1. The van der Waals surface area contributed by atoms with E-state index in [0.29, 0.717) is 19.2 Å². The molecule has 142 valence electrons. The molecule has 1 aliphatic heterocycles. The summed E-state index contributed by atoms with van der Waals surface area (Å²) in [5.41, 5.74) is 0. The normalized spacial score (nSPS) is 18.5. The van der Waals surface area contributed by atoms with E-state index >= 15 is 0 Å². The van der Waals surface area contributed by atoms with Crippen molar-refractivity contribution in [1.82, 2.24) is 10.2 Å². The van der Waals surface area contributed by atoms with E-state index in [4.69, 9.17) is 4.74 Å². The van der Waals surface area contributed by atoms with Gasteiger partial charge >= 0.3 is 0 Å². The van der Waals surface area contributed by atoms with E-state index in [1.165, 1.54) is 17.7 Å². The Kier molecular flexibility index (Phi) is 7.50. The van der Waals surface area contributed by atoms with Crippen LogP contribution >= 0.6 is 11.3 Å². The van der Waals surface area contributed by atoms with Gasteiger partial charge in [0.15, 0.2) is 0 Å². The predicted molar refractivity (Wildman–Crippen MR) is 108 cm³/mol. The lowest BCUT2D eigenvalue weighted by molar-refractivity contribution is 0.0985. The van der Waals surface area contributed by atoms with Crippen molar-refractivity contribution in [2.75, 3.05) is 32.8 Å². The molecule has 0 saturated carbocycles. The molecule has 5 heteroatoms. The molecule has 1 saturated heterocycles. The van der Waals surface area contributed by atoms with Crippen LogP contribution in [-0.2, 0) is 0 Å². The minimum atomic E-state index is -0.513. The van der Waals surface area contributed by atoms with Crippen LogP contribution in [-0.4, -0.2) is 48.9 Å². The van der Waals surface area contributed by atoms with Crippen molar-refractivity contribution in [3.05, 3.63) is 52.7 Å². The molecule has 2 atom stereocenters. The van der Waals surface area contributed by atoms with Crippen molar-refractivity contribution in [3.63, 3.8) is 0 Å². The van der Waals surface area contributed by atoms with Gasteiger partial charge in [-0.2, -0.15) is 0 Å². The van der Waals surface area contributed by atoms with Gasteiger partial charge in [0, 0.05) is 18.0 Å². The van der Waals surface area contributed by atoms with Crippen LogP contribution in [0.5, 0.6) is 5.75 Å². The van der Waals surface area contributed by atoms with Gasteiger partial charge in [0.1, 0.15) is 18.5 Å². The first-order valence-electron chi connectivity index (χ1n) is 9.56. The Morgan fingerprint density at radius 3 is 2.62 bits per heavy atom. The second kappa shape index (κ2) is 10.1. The highest BCUT2D eigenvalue weighted by Crippen LogP contribution is 2.29. The zero-order valence-corrected chi connectivity index (χ0v) is 16.3. The molecule has 1 aliphatic rings. The van der Waals surface area contributed by atoms with Crippen LogP contribution < -0.4 is 10.1 Å². The van der Waals surface area contributed by atoms with E-state index in [1.54, 1.807) is 0 Å². The van der Waals surface area contributed by atoms with Crippen LogP contribution in [0.15, 0.2) is 47.8 Å². The first-order chi connectivity index (χ1) is 12.7. The molecule has 4 nitrogen and oxygen atoms in total. The molecule has 2 heterocycles. The number of nitrogens with one attached hydrogen (secondary N) is 1. The summed E-state index contributed by atoms with van der Waals surface area (Å²) in [6.45, 7) is 6.37. The van der Waals surface area contributed by atoms with Gasteiger partial charge in [-0.3, -0.25) is 4.90 Å². The average molecular weight is 375 g/mol. The summed E-state index contributed by atoms with van der Waals surface area (Å²) >= 11 is 1.82.